The SMILES string of the molecule is CCC(Oc1ccc(Cl)cc1)C1(c2ccc(Cl)cc2Cl)CO1. The van der Waals surface area contributed by atoms with Crippen LogP contribution in [0.3, 0.4) is 0 Å². The van der Waals surface area contributed by atoms with Gasteiger partial charge in [0.25, 0.3) is 0 Å². The highest BCUT2D eigenvalue weighted by atomic mass is 35.5. The Bertz CT molecular complexity index is 666. The minimum Gasteiger partial charge on any atom is -0.487 e. The van der Waals surface area contributed by atoms with Crippen LogP contribution in [0.4, 0.5) is 0 Å². The van der Waals surface area contributed by atoms with Crippen LogP contribution in [0.25, 0.3) is 0 Å². The van der Waals surface area contributed by atoms with E-state index in [4.69, 9.17) is 44.3 Å². The summed E-state index contributed by atoms with van der Waals surface area (Å²) in [6, 6.07) is 12.8. The van der Waals surface area contributed by atoms with Gasteiger partial charge in [0.2, 0.25) is 0 Å². The van der Waals surface area contributed by atoms with Gasteiger partial charge >= 0.3 is 0 Å². The molecule has 3 rings (SSSR count). The maximum atomic E-state index is 6.34. The Morgan fingerprint density at radius 3 is 2.27 bits per heavy atom. The second-order valence-electron chi connectivity index (χ2n) is 5.27. The Morgan fingerprint density at radius 1 is 1.09 bits per heavy atom. The quantitative estimate of drug-likeness (QED) is 0.637. The van der Waals surface area contributed by atoms with E-state index < -0.39 is 5.60 Å². The van der Waals surface area contributed by atoms with Gasteiger partial charge in [0.15, 0.2) is 5.60 Å². The van der Waals surface area contributed by atoms with Crippen molar-refractivity contribution in [2.45, 2.75) is 25.0 Å². The summed E-state index contributed by atoms with van der Waals surface area (Å²) in [6.07, 6.45) is 0.661. The first-order valence-electron chi connectivity index (χ1n) is 7.07. The van der Waals surface area contributed by atoms with E-state index in [1.165, 1.54) is 0 Å². The van der Waals surface area contributed by atoms with Gasteiger partial charge in [-0.2, -0.15) is 0 Å². The number of epoxide rings is 1. The summed E-state index contributed by atoms with van der Waals surface area (Å²) in [5.41, 5.74) is 0.412. The third-order valence-corrected chi connectivity index (χ3v) is 4.63. The lowest BCUT2D eigenvalue weighted by atomic mass is 9.92. The molecule has 0 radical (unpaired) electrons. The van der Waals surface area contributed by atoms with Gasteiger partial charge in [-0.3, -0.25) is 0 Å². The van der Waals surface area contributed by atoms with Crippen molar-refractivity contribution in [1.29, 1.82) is 0 Å². The Hall–Kier alpha value is -0.930. The number of hydrogen-bond donors (Lipinski definition) is 0. The number of ether oxygens (including phenoxy) is 2. The maximum absolute atomic E-state index is 6.34. The first-order chi connectivity index (χ1) is 10.5. The van der Waals surface area contributed by atoms with Crippen molar-refractivity contribution in [2.75, 3.05) is 6.61 Å². The second-order valence-corrected chi connectivity index (χ2v) is 6.55. The topological polar surface area (TPSA) is 21.8 Å². The largest absolute Gasteiger partial charge is 0.487 e. The summed E-state index contributed by atoms with van der Waals surface area (Å²) in [5, 5.41) is 1.89. The normalized spacial score (nSPS) is 21.5. The minimum absolute atomic E-state index is 0.132. The zero-order chi connectivity index (χ0) is 15.7. The molecule has 1 heterocycles. The number of hydrogen-bond acceptors (Lipinski definition) is 2. The van der Waals surface area contributed by atoms with Crippen LogP contribution in [0.1, 0.15) is 18.9 Å². The molecule has 2 atom stereocenters. The molecule has 0 aromatic heterocycles. The lowest BCUT2D eigenvalue weighted by Gasteiger charge is -2.25. The van der Waals surface area contributed by atoms with E-state index in [1.807, 2.05) is 24.3 Å². The van der Waals surface area contributed by atoms with Gasteiger partial charge in [0, 0.05) is 20.6 Å². The zero-order valence-electron chi connectivity index (χ0n) is 12.0. The van der Waals surface area contributed by atoms with Gasteiger partial charge < -0.3 is 9.47 Å². The molecular weight excluding hydrogens is 343 g/mol. The van der Waals surface area contributed by atoms with Gasteiger partial charge in [-0.1, -0.05) is 47.8 Å². The molecule has 2 aromatic carbocycles. The van der Waals surface area contributed by atoms with Crippen LogP contribution >= 0.6 is 34.8 Å². The van der Waals surface area contributed by atoms with Crippen LogP contribution in [-0.2, 0) is 10.3 Å². The van der Waals surface area contributed by atoms with Crippen LogP contribution in [0.2, 0.25) is 15.1 Å². The lowest BCUT2D eigenvalue weighted by Crippen LogP contribution is -2.33. The molecule has 1 saturated heterocycles. The van der Waals surface area contributed by atoms with Gasteiger partial charge in [0.05, 0.1) is 6.61 Å². The van der Waals surface area contributed by atoms with E-state index in [9.17, 15) is 0 Å². The average molecular weight is 358 g/mol. The predicted molar refractivity (Wildman–Crippen MR) is 90.3 cm³/mol. The van der Waals surface area contributed by atoms with Crippen molar-refractivity contribution in [1.82, 2.24) is 0 Å². The minimum atomic E-state index is -0.504. The summed E-state index contributed by atoms with van der Waals surface area (Å²) < 4.78 is 11.9. The van der Waals surface area contributed by atoms with Gasteiger partial charge in [0.1, 0.15) is 11.9 Å². The van der Waals surface area contributed by atoms with Crippen molar-refractivity contribution >= 4 is 34.8 Å². The first kappa shape index (κ1) is 15.9. The van der Waals surface area contributed by atoms with E-state index >= 15 is 0 Å². The Labute approximate surface area is 144 Å². The molecule has 1 aliphatic rings. The summed E-state index contributed by atoms with van der Waals surface area (Å²) >= 11 is 18.2. The van der Waals surface area contributed by atoms with E-state index in [0.29, 0.717) is 21.7 Å². The Kier molecular flexibility index (Phi) is 4.56. The van der Waals surface area contributed by atoms with E-state index in [0.717, 1.165) is 17.7 Å². The van der Waals surface area contributed by atoms with Crippen molar-refractivity contribution in [3.8, 4) is 5.75 Å². The van der Waals surface area contributed by atoms with Crippen LogP contribution in [-0.4, -0.2) is 12.7 Å². The summed E-state index contributed by atoms with van der Waals surface area (Å²) in [5.74, 6) is 0.760. The fourth-order valence-corrected chi connectivity index (χ4v) is 3.31. The van der Waals surface area contributed by atoms with E-state index in [1.54, 1.807) is 18.2 Å². The molecule has 0 aliphatic carbocycles. The van der Waals surface area contributed by atoms with Crippen molar-refractivity contribution in [3.63, 3.8) is 0 Å². The summed E-state index contributed by atoms with van der Waals surface area (Å²) in [6.45, 7) is 2.65. The fraction of sp³-hybridized carbons (Fsp3) is 0.294. The molecular formula is C17H15Cl3O2. The maximum Gasteiger partial charge on any atom is 0.154 e. The highest BCUT2D eigenvalue weighted by molar-refractivity contribution is 6.35. The molecule has 2 aromatic rings. The molecule has 0 bridgehead atoms. The van der Waals surface area contributed by atoms with Gasteiger partial charge in [-0.15, -0.1) is 0 Å². The predicted octanol–water partition coefficient (Wildman–Crippen LogP) is 5.73. The summed E-state index contributed by atoms with van der Waals surface area (Å²) in [4.78, 5) is 0. The third-order valence-electron chi connectivity index (χ3n) is 3.83. The van der Waals surface area contributed by atoms with Crippen molar-refractivity contribution in [3.05, 3.63) is 63.1 Å². The smallest absolute Gasteiger partial charge is 0.154 e. The number of halogens is 3. The average Bonchev–Trinajstić information content (AvgIpc) is 3.28. The molecule has 5 heteroatoms. The van der Waals surface area contributed by atoms with Crippen molar-refractivity contribution < 1.29 is 9.47 Å². The molecule has 0 N–H and O–H groups in total. The highest BCUT2D eigenvalue weighted by Crippen LogP contribution is 2.47. The lowest BCUT2D eigenvalue weighted by molar-refractivity contribution is 0.0916. The molecule has 1 aliphatic heterocycles. The molecule has 0 amide bonds. The first-order valence-corrected chi connectivity index (χ1v) is 8.20. The molecule has 0 spiro atoms. The molecule has 2 nitrogen and oxygen atoms in total. The number of benzene rings is 2. The van der Waals surface area contributed by atoms with Gasteiger partial charge in [-0.25, -0.2) is 0 Å². The molecule has 2 unspecified atom stereocenters. The standard InChI is InChI=1S/C17H15Cl3O2/c1-2-16(22-13-6-3-11(18)4-7-13)17(10-21-17)14-8-5-12(19)9-15(14)20/h3-9,16H,2,10H2,1H3. The molecule has 22 heavy (non-hydrogen) atoms. The summed E-state index contributed by atoms with van der Waals surface area (Å²) in [7, 11) is 0. The van der Waals surface area contributed by atoms with Crippen LogP contribution in [0.5, 0.6) is 5.75 Å². The molecule has 1 fully saturated rings. The van der Waals surface area contributed by atoms with E-state index in [-0.39, 0.29) is 6.10 Å². The fourth-order valence-electron chi connectivity index (χ4n) is 2.61. The monoisotopic (exact) mass is 356 g/mol. The second kappa shape index (κ2) is 6.29. The van der Waals surface area contributed by atoms with Gasteiger partial charge in [-0.05, 0) is 42.8 Å². The van der Waals surface area contributed by atoms with Crippen LogP contribution < -0.4 is 4.74 Å². The Morgan fingerprint density at radius 2 is 1.73 bits per heavy atom. The number of rotatable bonds is 5. The van der Waals surface area contributed by atoms with Crippen LogP contribution in [0.15, 0.2) is 42.5 Å². The Balaban J connectivity index is 1.87. The van der Waals surface area contributed by atoms with Crippen molar-refractivity contribution in [2.24, 2.45) is 0 Å². The van der Waals surface area contributed by atoms with Crippen LogP contribution in [0, 0.1) is 0 Å². The molecule has 116 valence electrons. The zero-order valence-corrected chi connectivity index (χ0v) is 14.3. The third kappa shape index (κ3) is 3.07. The highest BCUT2D eigenvalue weighted by Gasteiger charge is 2.55. The molecule has 0 saturated carbocycles. The van der Waals surface area contributed by atoms with E-state index in [2.05, 4.69) is 6.92 Å².